The Labute approximate surface area is 100 Å². The van der Waals surface area contributed by atoms with Gasteiger partial charge in [-0.25, -0.2) is 0 Å². The largest absolute Gasteiger partial charge is 0.339 e. The van der Waals surface area contributed by atoms with E-state index in [1.54, 1.807) is 6.20 Å². The highest BCUT2D eigenvalue weighted by Crippen LogP contribution is 2.16. The van der Waals surface area contributed by atoms with E-state index in [9.17, 15) is 0 Å². The molecule has 2 heterocycles. The second kappa shape index (κ2) is 5.54. The van der Waals surface area contributed by atoms with E-state index in [1.165, 1.54) is 0 Å². The zero-order valence-electron chi connectivity index (χ0n) is 9.84. The summed E-state index contributed by atoms with van der Waals surface area (Å²) in [6.45, 7) is 2.59. The summed E-state index contributed by atoms with van der Waals surface area (Å²) in [6, 6.07) is 5.76. The number of hydrogen-bond acceptors (Lipinski definition) is 5. The van der Waals surface area contributed by atoms with Gasteiger partial charge in [0.2, 0.25) is 5.89 Å². The summed E-state index contributed by atoms with van der Waals surface area (Å²) in [5.41, 5.74) is 6.57. The minimum atomic E-state index is 0.153. The maximum atomic E-state index is 5.64. The Balaban J connectivity index is 2.08. The Morgan fingerprint density at radius 2 is 2.29 bits per heavy atom. The fourth-order valence-electron chi connectivity index (χ4n) is 1.61. The van der Waals surface area contributed by atoms with Crippen molar-refractivity contribution in [1.82, 2.24) is 15.1 Å². The molecule has 0 fully saturated rings. The first kappa shape index (κ1) is 11.7. The Hall–Kier alpha value is -1.75. The van der Waals surface area contributed by atoms with E-state index in [-0.39, 0.29) is 5.92 Å². The molecule has 1 atom stereocenters. The SMILES string of the molecule is CCC(CN)c1nc(Cc2ccccn2)no1. The molecule has 0 bridgehead atoms. The highest BCUT2D eigenvalue weighted by Gasteiger charge is 2.15. The highest BCUT2D eigenvalue weighted by atomic mass is 16.5. The van der Waals surface area contributed by atoms with Crippen molar-refractivity contribution in [1.29, 1.82) is 0 Å². The van der Waals surface area contributed by atoms with Crippen molar-refractivity contribution >= 4 is 0 Å². The summed E-state index contributed by atoms with van der Waals surface area (Å²) in [5, 5.41) is 3.95. The third-order valence-corrected chi connectivity index (χ3v) is 2.68. The van der Waals surface area contributed by atoms with Crippen LogP contribution >= 0.6 is 0 Å². The zero-order chi connectivity index (χ0) is 12.1. The lowest BCUT2D eigenvalue weighted by Crippen LogP contribution is -2.11. The molecular weight excluding hydrogens is 216 g/mol. The van der Waals surface area contributed by atoms with Crippen molar-refractivity contribution in [3.8, 4) is 0 Å². The lowest BCUT2D eigenvalue weighted by molar-refractivity contribution is 0.348. The molecule has 0 aliphatic heterocycles. The summed E-state index contributed by atoms with van der Waals surface area (Å²) >= 11 is 0. The summed E-state index contributed by atoms with van der Waals surface area (Å²) in [5.74, 6) is 1.44. The van der Waals surface area contributed by atoms with Crippen LogP contribution in [0, 0.1) is 0 Å². The number of nitrogens with two attached hydrogens (primary N) is 1. The average molecular weight is 232 g/mol. The molecule has 1 unspecified atom stereocenters. The maximum absolute atomic E-state index is 5.64. The molecule has 5 nitrogen and oxygen atoms in total. The van der Waals surface area contributed by atoms with E-state index in [1.807, 2.05) is 18.2 Å². The van der Waals surface area contributed by atoms with Gasteiger partial charge >= 0.3 is 0 Å². The van der Waals surface area contributed by atoms with Gasteiger partial charge in [0.15, 0.2) is 5.82 Å². The molecule has 2 aromatic heterocycles. The average Bonchev–Trinajstić information content (AvgIpc) is 2.81. The molecular formula is C12H16N4O. The molecule has 2 N–H and O–H groups in total. The predicted molar refractivity (Wildman–Crippen MR) is 63.4 cm³/mol. The van der Waals surface area contributed by atoms with Gasteiger partial charge in [0.25, 0.3) is 0 Å². The molecule has 0 radical (unpaired) electrons. The molecule has 0 aliphatic rings. The summed E-state index contributed by atoms with van der Waals surface area (Å²) in [7, 11) is 0. The van der Waals surface area contributed by atoms with Gasteiger partial charge in [-0.1, -0.05) is 18.1 Å². The van der Waals surface area contributed by atoms with Crippen LogP contribution in [0.5, 0.6) is 0 Å². The van der Waals surface area contributed by atoms with Crippen LogP contribution in [0.2, 0.25) is 0 Å². The first-order valence-corrected chi connectivity index (χ1v) is 5.76. The Kier molecular flexibility index (Phi) is 3.82. The van der Waals surface area contributed by atoms with Crippen molar-refractivity contribution in [3.05, 3.63) is 41.8 Å². The maximum Gasteiger partial charge on any atom is 0.231 e. The predicted octanol–water partition coefficient (Wildman–Crippen LogP) is 1.51. The molecule has 2 aromatic rings. The van der Waals surface area contributed by atoms with Crippen LogP contribution < -0.4 is 5.73 Å². The molecule has 0 amide bonds. The summed E-state index contributed by atoms with van der Waals surface area (Å²) in [4.78, 5) is 8.57. The number of nitrogens with zero attached hydrogens (tertiary/aromatic N) is 3. The second-order valence-corrected chi connectivity index (χ2v) is 3.89. The summed E-state index contributed by atoms with van der Waals surface area (Å²) in [6.07, 6.45) is 3.25. The van der Waals surface area contributed by atoms with Gasteiger partial charge in [0.1, 0.15) is 0 Å². The number of pyridine rings is 1. The van der Waals surface area contributed by atoms with Crippen LogP contribution in [0.25, 0.3) is 0 Å². The van der Waals surface area contributed by atoms with Crippen LogP contribution in [0.3, 0.4) is 0 Å². The van der Waals surface area contributed by atoms with Gasteiger partial charge in [-0.2, -0.15) is 4.98 Å². The van der Waals surface area contributed by atoms with Crippen LogP contribution in [-0.4, -0.2) is 21.7 Å². The van der Waals surface area contributed by atoms with Crippen LogP contribution in [0.1, 0.15) is 36.7 Å². The fraction of sp³-hybridized carbons (Fsp3) is 0.417. The monoisotopic (exact) mass is 232 g/mol. The van der Waals surface area contributed by atoms with E-state index in [0.29, 0.717) is 24.7 Å². The minimum Gasteiger partial charge on any atom is -0.339 e. The van der Waals surface area contributed by atoms with Crippen LogP contribution in [0.4, 0.5) is 0 Å². The van der Waals surface area contributed by atoms with Gasteiger partial charge < -0.3 is 10.3 Å². The smallest absolute Gasteiger partial charge is 0.231 e. The highest BCUT2D eigenvalue weighted by molar-refractivity contribution is 5.09. The third-order valence-electron chi connectivity index (χ3n) is 2.68. The van der Waals surface area contributed by atoms with E-state index in [4.69, 9.17) is 10.3 Å². The molecule has 5 heteroatoms. The number of aromatic nitrogens is 3. The lowest BCUT2D eigenvalue weighted by Gasteiger charge is -2.04. The molecule has 0 aliphatic carbocycles. The van der Waals surface area contributed by atoms with Crippen molar-refractivity contribution in [2.75, 3.05) is 6.54 Å². The molecule has 90 valence electrons. The molecule has 0 spiro atoms. The topological polar surface area (TPSA) is 77.8 Å². The van der Waals surface area contributed by atoms with Gasteiger partial charge in [-0.3, -0.25) is 4.98 Å². The molecule has 17 heavy (non-hydrogen) atoms. The van der Waals surface area contributed by atoms with Crippen molar-refractivity contribution in [3.63, 3.8) is 0 Å². The van der Waals surface area contributed by atoms with Crippen molar-refractivity contribution in [2.24, 2.45) is 5.73 Å². The van der Waals surface area contributed by atoms with E-state index >= 15 is 0 Å². The summed E-state index contributed by atoms with van der Waals surface area (Å²) < 4.78 is 5.21. The number of rotatable bonds is 5. The van der Waals surface area contributed by atoms with E-state index in [0.717, 1.165) is 12.1 Å². The first-order chi connectivity index (χ1) is 8.33. The zero-order valence-corrected chi connectivity index (χ0v) is 9.84. The standard InChI is InChI=1S/C12H16N4O/c1-2-9(8-13)12-15-11(16-17-12)7-10-5-3-4-6-14-10/h3-6,9H,2,7-8,13H2,1H3. The quantitative estimate of drug-likeness (QED) is 0.845. The lowest BCUT2D eigenvalue weighted by atomic mass is 10.1. The van der Waals surface area contributed by atoms with Gasteiger partial charge in [0, 0.05) is 18.4 Å². The van der Waals surface area contributed by atoms with Gasteiger partial charge in [-0.05, 0) is 18.6 Å². The van der Waals surface area contributed by atoms with Crippen LogP contribution in [0.15, 0.2) is 28.9 Å². The number of hydrogen-bond donors (Lipinski definition) is 1. The molecule has 0 saturated heterocycles. The van der Waals surface area contributed by atoms with Gasteiger partial charge in [-0.15, -0.1) is 0 Å². The third kappa shape index (κ3) is 2.88. The minimum absolute atomic E-state index is 0.153. The van der Waals surface area contributed by atoms with E-state index < -0.39 is 0 Å². The Bertz CT molecular complexity index is 451. The first-order valence-electron chi connectivity index (χ1n) is 5.76. The fourth-order valence-corrected chi connectivity index (χ4v) is 1.61. The Morgan fingerprint density at radius 3 is 2.94 bits per heavy atom. The second-order valence-electron chi connectivity index (χ2n) is 3.89. The van der Waals surface area contributed by atoms with Gasteiger partial charge in [0.05, 0.1) is 12.3 Å². The molecule has 2 rings (SSSR count). The molecule has 0 aromatic carbocycles. The van der Waals surface area contributed by atoms with E-state index in [2.05, 4.69) is 22.0 Å². The van der Waals surface area contributed by atoms with Crippen LogP contribution in [-0.2, 0) is 6.42 Å². The Morgan fingerprint density at radius 1 is 1.41 bits per heavy atom. The normalized spacial score (nSPS) is 12.6. The molecule has 0 saturated carbocycles. The van der Waals surface area contributed by atoms with Crippen molar-refractivity contribution < 1.29 is 4.52 Å². The van der Waals surface area contributed by atoms with Crippen molar-refractivity contribution in [2.45, 2.75) is 25.7 Å².